The van der Waals surface area contributed by atoms with Gasteiger partial charge in [0, 0.05) is 43.5 Å². The fourth-order valence-corrected chi connectivity index (χ4v) is 11.3. The molecule has 64 heavy (non-hydrogen) atoms. The van der Waals surface area contributed by atoms with Crippen molar-refractivity contribution in [3.63, 3.8) is 0 Å². The topological polar surface area (TPSA) is 25.8 Å². The molecule has 2 heterocycles. The number of para-hydroxylation sites is 1. The summed E-state index contributed by atoms with van der Waals surface area (Å²) in [7, 11) is 0. The average molecular weight is 817 g/mol. The Balaban J connectivity index is 1.02. The zero-order valence-corrected chi connectivity index (χ0v) is 36.4. The van der Waals surface area contributed by atoms with Crippen LogP contribution < -0.4 is 0 Å². The molecule has 2 aliphatic carbocycles. The third-order valence-electron chi connectivity index (χ3n) is 14.7. The first kappa shape index (κ1) is 36.9. The summed E-state index contributed by atoms with van der Waals surface area (Å²) in [5.41, 5.74) is 21.5. The summed E-state index contributed by atoms with van der Waals surface area (Å²) in [5, 5.41) is 7.03. The predicted molar refractivity (Wildman–Crippen MR) is 269 cm³/mol. The highest BCUT2D eigenvalue weighted by Crippen LogP contribution is 2.52. The van der Waals surface area contributed by atoms with E-state index in [2.05, 4.69) is 222 Å². The minimum atomic E-state index is -0.126. The van der Waals surface area contributed by atoms with E-state index >= 15 is 0 Å². The molecule has 0 fully saturated rings. The van der Waals surface area contributed by atoms with E-state index in [9.17, 15) is 0 Å². The van der Waals surface area contributed by atoms with Gasteiger partial charge in [0.1, 0.15) is 0 Å². The van der Waals surface area contributed by atoms with Gasteiger partial charge < -0.3 is 0 Å². The van der Waals surface area contributed by atoms with Gasteiger partial charge in [-0.2, -0.15) is 0 Å². The Morgan fingerprint density at radius 3 is 1.47 bits per heavy atom. The highest BCUT2D eigenvalue weighted by molar-refractivity contribution is 6.17. The summed E-state index contributed by atoms with van der Waals surface area (Å²) in [6.45, 7) is 9.45. The van der Waals surface area contributed by atoms with Crippen molar-refractivity contribution in [2.24, 2.45) is 0 Å². The molecule has 302 valence electrons. The molecule has 0 bridgehead atoms. The quantitative estimate of drug-likeness (QED) is 0.165. The van der Waals surface area contributed by atoms with Crippen molar-refractivity contribution in [1.82, 2.24) is 9.97 Å². The van der Waals surface area contributed by atoms with Gasteiger partial charge in [0.2, 0.25) is 0 Å². The fourth-order valence-electron chi connectivity index (χ4n) is 11.3. The standard InChI is InChI=1S/C62H44N2/c1-61(2)53-22-12-9-17-43(53)45-31-29-39(33-55(45)61)51-36-58(40-30-32-46-44-18-10-13-23-54(44)62(3,4)56(46)34-40)64-60-49-21-8-6-16-42(49)50(35-52(51)60)37-25-27-38(28-26-37)59-48-20-7-5-15-41(48)47-19-11-14-24-57(47)63-59/h5-36H,1-4H3. The molecule has 0 unspecified atom stereocenters. The molecule has 11 aromatic rings. The van der Waals surface area contributed by atoms with Crippen LogP contribution in [0, 0.1) is 0 Å². The van der Waals surface area contributed by atoms with Crippen molar-refractivity contribution >= 4 is 43.4 Å². The maximum absolute atomic E-state index is 5.65. The average Bonchev–Trinajstić information content (AvgIpc) is 3.72. The molecule has 2 nitrogen and oxygen atoms in total. The largest absolute Gasteiger partial charge is 0.247 e. The van der Waals surface area contributed by atoms with Crippen molar-refractivity contribution in [2.75, 3.05) is 0 Å². The van der Waals surface area contributed by atoms with E-state index in [0.717, 1.165) is 55.3 Å². The second kappa shape index (κ2) is 13.4. The van der Waals surface area contributed by atoms with Crippen LogP contribution in [0.2, 0.25) is 0 Å². The van der Waals surface area contributed by atoms with Crippen molar-refractivity contribution in [3.05, 3.63) is 216 Å². The molecule has 9 aromatic carbocycles. The summed E-state index contributed by atoms with van der Waals surface area (Å²) in [5.74, 6) is 0. The van der Waals surface area contributed by atoms with Gasteiger partial charge in [-0.1, -0.05) is 191 Å². The molecule has 2 aromatic heterocycles. The lowest BCUT2D eigenvalue weighted by atomic mass is 9.81. The lowest BCUT2D eigenvalue weighted by Gasteiger charge is -2.23. The van der Waals surface area contributed by atoms with E-state index in [1.807, 2.05) is 0 Å². The second-order valence-corrected chi connectivity index (χ2v) is 18.9. The molecule has 0 spiro atoms. The van der Waals surface area contributed by atoms with Gasteiger partial charge in [0.05, 0.1) is 22.4 Å². The van der Waals surface area contributed by atoms with Crippen LogP contribution in [-0.4, -0.2) is 9.97 Å². The number of hydrogen-bond donors (Lipinski definition) is 0. The number of benzene rings is 9. The van der Waals surface area contributed by atoms with Crippen LogP contribution in [0.3, 0.4) is 0 Å². The predicted octanol–water partition coefficient (Wildman–Crippen LogP) is 16.4. The zero-order valence-electron chi connectivity index (χ0n) is 36.4. The molecule has 0 amide bonds. The van der Waals surface area contributed by atoms with E-state index in [4.69, 9.17) is 9.97 Å². The van der Waals surface area contributed by atoms with Gasteiger partial charge in [0.15, 0.2) is 0 Å². The monoisotopic (exact) mass is 816 g/mol. The van der Waals surface area contributed by atoms with Gasteiger partial charge in [0.25, 0.3) is 0 Å². The maximum atomic E-state index is 5.65. The summed E-state index contributed by atoms with van der Waals surface area (Å²) in [4.78, 5) is 10.9. The third-order valence-corrected chi connectivity index (χ3v) is 14.7. The summed E-state index contributed by atoms with van der Waals surface area (Å²) >= 11 is 0. The number of rotatable bonds is 4. The molecule has 0 saturated carbocycles. The van der Waals surface area contributed by atoms with Gasteiger partial charge >= 0.3 is 0 Å². The van der Waals surface area contributed by atoms with Crippen LogP contribution in [0.5, 0.6) is 0 Å². The van der Waals surface area contributed by atoms with Crippen LogP contribution >= 0.6 is 0 Å². The first-order valence-corrected chi connectivity index (χ1v) is 22.5. The maximum Gasteiger partial charge on any atom is 0.0794 e. The van der Waals surface area contributed by atoms with Crippen molar-refractivity contribution in [3.8, 4) is 67.0 Å². The molecular formula is C62H44N2. The van der Waals surface area contributed by atoms with E-state index in [0.29, 0.717) is 0 Å². The van der Waals surface area contributed by atoms with Crippen LogP contribution in [0.25, 0.3) is 110 Å². The van der Waals surface area contributed by atoms with E-state index in [-0.39, 0.29) is 10.8 Å². The zero-order chi connectivity index (χ0) is 42.9. The van der Waals surface area contributed by atoms with Gasteiger partial charge in [-0.3, -0.25) is 0 Å². The Hall–Kier alpha value is -7.68. The lowest BCUT2D eigenvalue weighted by Crippen LogP contribution is -2.15. The number of hydrogen-bond acceptors (Lipinski definition) is 2. The fraction of sp³-hybridized carbons (Fsp3) is 0.0968. The first-order chi connectivity index (χ1) is 31.2. The molecule has 0 saturated heterocycles. The molecule has 0 radical (unpaired) electrons. The van der Waals surface area contributed by atoms with Crippen molar-refractivity contribution < 1.29 is 0 Å². The lowest BCUT2D eigenvalue weighted by molar-refractivity contribution is 0.660. The van der Waals surface area contributed by atoms with E-state index in [1.54, 1.807) is 0 Å². The molecular weight excluding hydrogens is 773 g/mol. The van der Waals surface area contributed by atoms with Crippen LogP contribution in [-0.2, 0) is 10.8 Å². The van der Waals surface area contributed by atoms with Gasteiger partial charge in [-0.05, 0) is 108 Å². The van der Waals surface area contributed by atoms with Crippen molar-refractivity contribution in [2.45, 2.75) is 38.5 Å². The second-order valence-electron chi connectivity index (χ2n) is 18.9. The molecule has 2 aliphatic rings. The SMILES string of the molecule is CC1(C)c2ccccc2-c2ccc(-c3cc(-c4ccc5c(c4)C(C)(C)c4ccccc4-5)c4cc(-c5ccc(-c6nc7ccccc7c7ccccc67)cc5)c5ccccc5c4n3)cc21. The summed E-state index contributed by atoms with van der Waals surface area (Å²) in [6.07, 6.45) is 0. The van der Waals surface area contributed by atoms with Crippen LogP contribution in [0.15, 0.2) is 194 Å². The highest BCUT2D eigenvalue weighted by atomic mass is 14.7. The van der Waals surface area contributed by atoms with Crippen LogP contribution in [0.4, 0.5) is 0 Å². The normalized spacial score (nSPS) is 14.2. The number of pyridine rings is 2. The van der Waals surface area contributed by atoms with Gasteiger partial charge in [-0.25, -0.2) is 9.97 Å². The molecule has 0 aliphatic heterocycles. The number of nitrogens with zero attached hydrogens (tertiary/aromatic N) is 2. The summed E-state index contributed by atoms with van der Waals surface area (Å²) < 4.78 is 0. The minimum Gasteiger partial charge on any atom is -0.247 e. The van der Waals surface area contributed by atoms with E-state index < -0.39 is 0 Å². The Kier molecular flexibility index (Phi) is 7.74. The summed E-state index contributed by atoms with van der Waals surface area (Å²) in [6, 6.07) is 71.6. The van der Waals surface area contributed by atoms with Crippen LogP contribution in [0.1, 0.15) is 49.9 Å². The third kappa shape index (κ3) is 5.26. The van der Waals surface area contributed by atoms with Crippen molar-refractivity contribution in [1.29, 1.82) is 0 Å². The molecule has 0 atom stereocenters. The Labute approximate surface area is 373 Å². The Morgan fingerprint density at radius 1 is 0.297 bits per heavy atom. The Morgan fingerprint density at radius 2 is 0.781 bits per heavy atom. The highest BCUT2D eigenvalue weighted by Gasteiger charge is 2.37. The molecule has 13 rings (SSSR count). The molecule has 0 N–H and O–H groups in total. The molecule has 2 heteroatoms. The van der Waals surface area contributed by atoms with Gasteiger partial charge in [-0.15, -0.1) is 0 Å². The smallest absolute Gasteiger partial charge is 0.0794 e. The first-order valence-electron chi connectivity index (χ1n) is 22.5. The van der Waals surface area contributed by atoms with E-state index in [1.165, 1.54) is 77.4 Å². The number of aromatic nitrogens is 2. The number of fused-ring (bicyclic) bond motifs is 12. The Bertz CT molecular complexity index is 3780. The minimum absolute atomic E-state index is 0.114.